The molecule has 0 unspecified atom stereocenters. The highest BCUT2D eigenvalue weighted by atomic mass is 79.9. The van der Waals surface area contributed by atoms with Gasteiger partial charge in [-0.2, -0.15) is 9.97 Å². The molecule has 3 aromatic heterocycles. The van der Waals surface area contributed by atoms with E-state index in [0.717, 1.165) is 64.7 Å². The molecule has 1 saturated heterocycles. The number of halogens is 1. The lowest BCUT2D eigenvalue weighted by atomic mass is 10.2. The molecule has 0 radical (unpaired) electrons. The van der Waals surface area contributed by atoms with Gasteiger partial charge in [0.05, 0.1) is 24.8 Å². The molecule has 9 nitrogen and oxygen atoms in total. The van der Waals surface area contributed by atoms with Gasteiger partial charge in [0.25, 0.3) is 0 Å². The molecule has 0 spiro atoms. The van der Waals surface area contributed by atoms with E-state index in [4.69, 9.17) is 9.97 Å². The normalized spacial score (nSPS) is 13.6. The molecule has 0 aliphatic carbocycles. The summed E-state index contributed by atoms with van der Waals surface area (Å²) < 4.78 is 4.85. The van der Waals surface area contributed by atoms with E-state index in [9.17, 15) is 0 Å². The summed E-state index contributed by atoms with van der Waals surface area (Å²) in [5, 5.41) is 12.2. The maximum Gasteiger partial charge on any atom is 0.229 e. The Morgan fingerprint density at radius 2 is 1.86 bits per heavy atom. The topological polar surface area (TPSA) is 89.6 Å². The van der Waals surface area contributed by atoms with Crippen molar-refractivity contribution in [1.29, 1.82) is 0 Å². The van der Waals surface area contributed by atoms with Crippen LogP contribution in [-0.2, 0) is 13.1 Å². The van der Waals surface area contributed by atoms with Crippen LogP contribution in [0.25, 0.3) is 16.9 Å². The van der Waals surface area contributed by atoms with Gasteiger partial charge >= 0.3 is 0 Å². The average molecular weight is 544 g/mol. The number of nitrogens with zero attached hydrogens (tertiary/aromatic N) is 8. The van der Waals surface area contributed by atoms with Crippen molar-refractivity contribution in [3.8, 4) is 5.69 Å². The number of rotatable bonds is 7. The second-order valence-corrected chi connectivity index (χ2v) is 9.89. The van der Waals surface area contributed by atoms with Crippen LogP contribution in [0, 0.1) is 6.92 Å². The first kappa shape index (κ1) is 22.7. The van der Waals surface area contributed by atoms with Gasteiger partial charge in [-0.25, -0.2) is 9.67 Å². The first-order valence-corrected chi connectivity index (χ1v) is 12.9. The lowest BCUT2D eigenvalue weighted by molar-refractivity contribution is 0.764. The van der Waals surface area contributed by atoms with Gasteiger partial charge in [0.15, 0.2) is 17.0 Å². The zero-order chi connectivity index (χ0) is 24.5. The van der Waals surface area contributed by atoms with E-state index in [1.165, 1.54) is 11.1 Å². The van der Waals surface area contributed by atoms with Crippen LogP contribution in [0.15, 0.2) is 65.5 Å². The van der Waals surface area contributed by atoms with E-state index in [-0.39, 0.29) is 0 Å². The maximum atomic E-state index is 4.93. The summed E-state index contributed by atoms with van der Waals surface area (Å²) in [7, 11) is 0. The maximum absolute atomic E-state index is 4.93. The van der Waals surface area contributed by atoms with Gasteiger partial charge in [0.2, 0.25) is 5.95 Å². The quantitative estimate of drug-likeness (QED) is 0.317. The summed E-state index contributed by atoms with van der Waals surface area (Å²) >= 11 is 3.60. The van der Waals surface area contributed by atoms with E-state index in [1.807, 2.05) is 47.4 Å². The Balaban J connectivity index is 1.31. The number of aromatic nitrogens is 7. The van der Waals surface area contributed by atoms with Gasteiger partial charge in [-0.15, -0.1) is 5.10 Å². The summed E-state index contributed by atoms with van der Waals surface area (Å²) in [6, 6.07) is 16.4. The fourth-order valence-corrected chi connectivity index (χ4v) is 4.77. The second-order valence-electron chi connectivity index (χ2n) is 9.04. The molecule has 0 bridgehead atoms. The Hall–Kier alpha value is -3.79. The number of aryl methyl sites for hydroxylation is 1. The standard InChI is InChI=1S/C26H26BrN9/c1-18-9-10-21(13-22(18)27)36-16-20(32-33-36)15-35-17-29-23-24(28-14-19-7-3-2-4-8-19)30-26(31-25(23)35)34-11-5-6-12-34/h2-4,7-10,13,16-17H,5-6,11-12,14-15H2,1H3,(H,28,30,31). The largest absolute Gasteiger partial charge is 0.364 e. The van der Waals surface area contributed by atoms with Crippen molar-refractivity contribution in [1.82, 2.24) is 34.5 Å². The van der Waals surface area contributed by atoms with Crippen molar-refractivity contribution >= 4 is 38.9 Å². The summed E-state index contributed by atoms with van der Waals surface area (Å²) in [6.07, 6.45) is 6.07. The molecule has 1 N–H and O–H groups in total. The zero-order valence-electron chi connectivity index (χ0n) is 20.0. The predicted octanol–water partition coefficient (Wildman–Crippen LogP) is 4.74. The van der Waals surface area contributed by atoms with Crippen molar-refractivity contribution in [2.45, 2.75) is 32.9 Å². The van der Waals surface area contributed by atoms with Gasteiger partial charge in [-0.05, 0) is 43.0 Å². The Morgan fingerprint density at radius 3 is 2.67 bits per heavy atom. The van der Waals surface area contributed by atoms with Gasteiger partial charge in [-0.1, -0.05) is 57.5 Å². The van der Waals surface area contributed by atoms with E-state index in [2.05, 4.69) is 66.6 Å². The summed E-state index contributed by atoms with van der Waals surface area (Å²) in [5.41, 5.74) is 5.68. The molecule has 0 saturated carbocycles. The molecule has 10 heteroatoms. The number of anilines is 2. The molecular formula is C26H26BrN9. The van der Waals surface area contributed by atoms with Crippen molar-refractivity contribution in [3.05, 3.63) is 82.3 Å². The summed E-state index contributed by atoms with van der Waals surface area (Å²) in [4.78, 5) is 16.7. The van der Waals surface area contributed by atoms with Crippen molar-refractivity contribution < 1.29 is 0 Å². The zero-order valence-corrected chi connectivity index (χ0v) is 21.6. The third kappa shape index (κ3) is 4.56. The van der Waals surface area contributed by atoms with Crippen molar-refractivity contribution in [2.24, 2.45) is 0 Å². The number of imidazole rings is 1. The molecule has 1 aliphatic rings. The average Bonchev–Trinajstić information content (AvgIpc) is 3.67. The molecule has 0 atom stereocenters. The first-order valence-electron chi connectivity index (χ1n) is 12.1. The van der Waals surface area contributed by atoms with Crippen LogP contribution in [0.2, 0.25) is 0 Å². The molecule has 5 aromatic rings. The van der Waals surface area contributed by atoms with Crippen molar-refractivity contribution in [2.75, 3.05) is 23.3 Å². The minimum absolute atomic E-state index is 0.512. The molecule has 182 valence electrons. The number of nitrogens with one attached hydrogen (secondary N) is 1. The van der Waals surface area contributed by atoms with E-state index in [1.54, 1.807) is 4.68 Å². The van der Waals surface area contributed by atoms with E-state index in [0.29, 0.717) is 13.1 Å². The molecule has 0 amide bonds. The molecule has 2 aromatic carbocycles. The highest BCUT2D eigenvalue weighted by Crippen LogP contribution is 2.26. The number of hydrogen-bond donors (Lipinski definition) is 1. The van der Waals surface area contributed by atoms with Crippen molar-refractivity contribution in [3.63, 3.8) is 0 Å². The van der Waals surface area contributed by atoms with Crippen LogP contribution in [0.4, 0.5) is 11.8 Å². The highest BCUT2D eigenvalue weighted by Gasteiger charge is 2.20. The Kier molecular flexibility index (Phi) is 6.10. The number of fused-ring (bicyclic) bond motifs is 1. The molecule has 1 aliphatic heterocycles. The lowest BCUT2D eigenvalue weighted by Gasteiger charge is -2.17. The Morgan fingerprint density at radius 1 is 1.03 bits per heavy atom. The van der Waals surface area contributed by atoms with Crippen LogP contribution in [0.1, 0.15) is 29.7 Å². The Bertz CT molecular complexity index is 1500. The second kappa shape index (κ2) is 9.69. The molecule has 36 heavy (non-hydrogen) atoms. The molecule has 4 heterocycles. The number of benzene rings is 2. The van der Waals surface area contributed by atoms with Gasteiger partial charge in [0, 0.05) is 24.1 Å². The minimum Gasteiger partial charge on any atom is -0.364 e. The van der Waals surface area contributed by atoms with Crippen LogP contribution in [0.3, 0.4) is 0 Å². The summed E-state index contributed by atoms with van der Waals surface area (Å²) in [6.45, 7) is 5.18. The number of hydrogen-bond acceptors (Lipinski definition) is 7. The van der Waals surface area contributed by atoms with Gasteiger partial charge < -0.3 is 14.8 Å². The molecule has 6 rings (SSSR count). The fourth-order valence-electron chi connectivity index (χ4n) is 4.41. The van der Waals surface area contributed by atoms with Crippen LogP contribution < -0.4 is 10.2 Å². The van der Waals surface area contributed by atoms with Crippen LogP contribution in [0.5, 0.6) is 0 Å². The monoisotopic (exact) mass is 543 g/mol. The van der Waals surface area contributed by atoms with E-state index >= 15 is 0 Å². The predicted molar refractivity (Wildman–Crippen MR) is 143 cm³/mol. The third-order valence-corrected chi connectivity index (χ3v) is 7.29. The van der Waals surface area contributed by atoms with Crippen LogP contribution >= 0.6 is 15.9 Å². The molecule has 1 fully saturated rings. The smallest absolute Gasteiger partial charge is 0.229 e. The highest BCUT2D eigenvalue weighted by molar-refractivity contribution is 9.10. The lowest BCUT2D eigenvalue weighted by Crippen LogP contribution is -2.21. The third-order valence-electron chi connectivity index (χ3n) is 6.44. The molecular weight excluding hydrogens is 518 g/mol. The summed E-state index contributed by atoms with van der Waals surface area (Å²) in [5.74, 6) is 1.49. The van der Waals surface area contributed by atoms with Crippen LogP contribution in [-0.4, -0.2) is 47.6 Å². The first-order chi connectivity index (χ1) is 17.6. The van der Waals surface area contributed by atoms with Gasteiger partial charge in [-0.3, -0.25) is 0 Å². The fraction of sp³-hybridized carbons (Fsp3) is 0.269. The van der Waals surface area contributed by atoms with E-state index < -0.39 is 0 Å². The SMILES string of the molecule is Cc1ccc(-n2cc(Cn3cnc4c(NCc5ccccc5)nc(N5CCCC5)nc43)nn2)cc1Br. The minimum atomic E-state index is 0.512. The Labute approximate surface area is 217 Å². The van der Waals surface area contributed by atoms with Gasteiger partial charge in [0.1, 0.15) is 5.69 Å².